The van der Waals surface area contributed by atoms with Crippen molar-refractivity contribution in [2.75, 3.05) is 20.3 Å². The van der Waals surface area contributed by atoms with Gasteiger partial charge in [0.05, 0.1) is 12.8 Å². The average molecular weight is 270 g/mol. The molecule has 0 saturated carbocycles. The maximum absolute atomic E-state index is 11.5. The van der Waals surface area contributed by atoms with E-state index in [1.807, 2.05) is 0 Å². The summed E-state index contributed by atoms with van der Waals surface area (Å²) in [7, 11) is 1.32. The number of unbranched alkanes of at least 4 members (excludes halogenated alkanes) is 3. The van der Waals surface area contributed by atoms with Crippen LogP contribution in [-0.4, -0.2) is 46.3 Å². The molecule has 1 aromatic heterocycles. The molecule has 0 atom stereocenters. The number of esters is 1. The second kappa shape index (κ2) is 8.60. The van der Waals surface area contributed by atoms with Crippen LogP contribution in [0.3, 0.4) is 0 Å². The normalized spacial score (nSPS) is 10.7. The Kier molecular flexibility index (Phi) is 7.06. The molecule has 0 fully saturated rings. The lowest BCUT2D eigenvalue weighted by Gasteiger charge is -2.06. The molecule has 0 aliphatic carbocycles. The van der Waals surface area contributed by atoms with Crippen molar-refractivity contribution in [1.29, 1.82) is 0 Å². The van der Waals surface area contributed by atoms with E-state index in [2.05, 4.69) is 15.0 Å². The third-order valence-corrected chi connectivity index (χ3v) is 2.88. The quantitative estimate of drug-likeness (QED) is 0.488. The van der Waals surface area contributed by atoms with Crippen LogP contribution in [0.25, 0.3) is 0 Å². The molecule has 7 nitrogen and oxygen atoms in total. The predicted octanol–water partition coefficient (Wildman–Crippen LogP) is 0.119. The smallest absolute Gasteiger partial charge is 0.360 e. The minimum atomic E-state index is -0.477. The van der Waals surface area contributed by atoms with E-state index in [-0.39, 0.29) is 12.3 Å². The van der Waals surface area contributed by atoms with Crippen LogP contribution >= 0.6 is 0 Å². The highest BCUT2D eigenvalue weighted by Crippen LogP contribution is 2.10. The molecule has 0 aliphatic heterocycles. The minimum absolute atomic E-state index is 0.230. The number of aliphatic hydroxyl groups excluding tert-OH is 1. The van der Waals surface area contributed by atoms with Gasteiger partial charge in [0, 0.05) is 19.6 Å². The van der Waals surface area contributed by atoms with E-state index in [1.54, 1.807) is 4.68 Å². The molecule has 7 heteroatoms. The Hall–Kier alpha value is -1.47. The number of aliphatic hydroxyl groups is 1. The molecule has 19 heavy (non-hydrogen) atoms. The number of ether oxygens (including phenoxy) is 1. The van der Waals surface area contributed by atoms with Crippen molar-refractivity contribution in [2.45, 2.75) is 38.6 Å². The van der Waals surface area contributed by atoms with Gasteiger partial charge in [-0.3, -0.25) is 0 Å². The zero-order valence-corrected chi connectivity index (χ0v) is 11.3. The van der Waals surface area contributed by atoms with Crippen LogP contribution in [0.1, 0.15) is 41.9 Å². The van der Waals surface area contributed by atoms with E-state index in [9.17, 15) is 4.79 Å². The summed E-state index contributed by atoms with van der Waals surface area (Å²) in [5.41, 5.74) is 6.53. The van der Waals surface area contributed by atoms with E-state index in [0.717, 1.165) is 31.4 Å². The van der Waals surface area contributed by atoms with Gasteiger partial charge in [0.15, 0.2) is 5.69 Å². The summed E-state index contributed by atoms with van der Waals surface area (Å²) in [6, 6.07) is 0. The standard InChI is InChI=1S/C12H22N4O3/c1-19-12(18)11-10(6-7-13)16(15-14-11)8-4-2-3-5-9-17/h17H,2-9,13H2,1H3. The Morgan fingerprint density at radius 3 is 2.74 bits per heavy atom. The van der Waals surface area contributed by atoms with Gasteiger partial charge >= 0.3 is 5.97 Å². The molecule has 0 unspecified atom stereocenters. The molecule has 0 aromatic carbocycles. The van der Waals surface area contributed by atoms with Crippen LogP contribution in [0.4, 0.5) is 0 Å². The van der Waals surface area contributed by atoms with Gasteiger partial charge in [0.1, 0.15) is 0 Å². The van der Waals surface area contributed by atoms with Gasteiger partial charge in [-0.2, -0.15) is 0 Å². The number of hydrogen-bond donors (Lipinski definition) is 2. The van der Waals surface area contributed by atoms with Gasteiger partial charge < -0.3 is 15.6 Å². The van der Waals surface area contributed by atoms with E-state index in [4.69, 9.17) is 10.8 Å². The van der Waals surface area contributed by atoms with Crippen molar-refractivity contribution in [3.8, 4) is 0 Å². The molecule has 0 radical (unpaired) electrons. The van der Waals surface area contributed by atoms with Crippen molar-refractivity contribution in [3.05, 3.63) is 11.4 Å². The fraction of sp³-hybridized carbons (Fsp3) is 0.750. The number of methoxy groups -OCH3 is 1. The number of nitrogens with two attached hydrogens (primary N) is 1. The van der Waals surface area contributed by atoms with Crippen LogP contribution in [0.2, 0.25) is 0 Å². The molecule has 0 amide bonds. The van der Waals surface area contributed by atoms with Crippen molar-refractivity contribution in [1.82, 2.24) is 15.0 Å². The fourth-order valence-electron chi connectivity index (χ4n) is 1.88. The van der Waals surface area contributed by atoms with E-state index < -0.39 is 5.97 Å². The van der Waals surface area contributed by atoms with Gasteiger partial charge in [-0.1, -0.05) is 18.1 Å². The summed E-state index contributed by atoms with van der Waals surface area (Å²) < 4.78 is 6.39. The topological polar surface area (TPSA) is 103 Å². The number of hydrogen-bond acceptors (Lipinski definition) is 6. The van der Waals surface area contributed by atoms with Gasteiger partial charge in [-0.25, -0.2) is 9.48 Å². The van der Waals surface area contributed by atoms with E-state index >= 15 is 0 Å². The molecule has 1 aromatic rings. The SMILES string of the molecule is COC(=O)c1nnn(CCCCCCO)c1CCN. The zero-order chi connectivity index (χ0) is 14.1. The molecule has 0 bridgehead atoms. The molecule has 0 spiro atoms. The fourth-order valence-corrected chi connectivity index (χ4v) is 1.88. The number of nitrogens with zero attached hydrogens (tertiary/aromatic N) is 3. The molecular weight excluding hydrogens is 248 g/mol. The van der Waals surface area contributed by atoms with E-state index in [0.29, 0.717) is 19.5 Å². The maximum atomic E-state index is 11.5. The third-order valence-electron chi connectivity index (χ3n) is 2.88. The maximum Gasteiger partial charge on any atom is 0.360 e. The number of carbonyl (C=O) groups is 1. The monoisotopic (exact) mass is 270 g/mol. The molecule has 0 aliphatic rings. The average Bonchev–Trinajstić information content (AvgIpc) is 2.81. The van der Waals surface area contributed by atoms with Crippen LogP contribution in [0.15, 0.2) is 0 Å². The largest absolute Gasteiger partial charge is 0.464 e. The summed E-state index contributed by atoms with van der Waals surface area (Å²) >= 11 is 0. The van der Waals surface area contributed by atoms with Gasteiger partial charge in [0.25, 0.3) is 0 Å². The van der Waals surface area contributed by atoms with Crippen molar-refractivity contribution in [2.24, 2.45) is 5.73 Å². The lowest BCUT2D eigenvalue weighted by atomic mass is 10.2. The summed E-state index contributed by atoms with van der Waals surface area (Å²) in [6.45, 7) is 1.36. The predicted molar refractivity (Wildman–Crippen MR) is 69.7 cm³/mol. The summed E-state index contributed by atoms with van der Waals surface area (Å²) in [4.78, 5) is 11.5. The second-order valence-electron chi connectivity index (χ2n) is 4.28. The molecule has 3 N–H and O–H groups in total. The summed E-state index contributed by atoms with van der Waals surface area (Å²) in [6.07, 6.45) is 4.30. The van der Waals surface area contributed by atoms with Crippen LogP contribution in [0, 0.1) is 0 Å². The first-order chi connectivity index (χ1) is 9.24. The lowest BCUT2D eigenvalue weighted by molar-refractivity contribution is 0.0592. The lowest BCUT2D eigenvalue weighted by Crippen LogP contribution is -2.14. The number of carbonyl (C=O) groups excluding carboxylic acids is 1. The van der Waals surface area contributed by atoms with E-state index in [1.165, 1.54) is 7.11 Å². The van der Waals surface area contributed by atoms with Gasteiger partial charge in [0.2, 0.25) is 0 Å². The van der Waals surface area contributed by atoms with Crippen molar-refractivity contribution in [3.63, 3.8) is 0 Å². The molecule has 1 heterocycles. The number of aromatic nitrogens is 3. The second-order valence-corrected chi connectivity index (χ2v) is 4.28. The molecule has 108 valence electrons. The summed E-state index contributed by atoms with van der Waals surface area (Å²) in [5, 5.41) is 16.5. The summed E-state index contributed by atoms with van der Waals surface area (Å²) in [5.74, 6) is -0.477. The highest BCUT2D eigenvalue weighted by Gasteiger charge is 2.19. The molecule has 0 saturated heterocycles. The van der Waals surface area contributed by atoms with Crippen LogP contribution < -0.4 is 5.73 Å². The first-order valence-corrected chi connectivity index (χ1v) is 6.56. The Labute approximate surface area is 112 Å². The molecule has 1 rings (SSSR count). The Morgan fingerprint density at radius 1 is 1.37 bits per heavy atom. The number of aryl methyl sites for hydroxylation is 1. The Morgan fingerprint density at radius 2 is 2.11 bits per heavy atom. The van der Waals surface area contributed by atoms with Crippen molar-refractivity contribution < 1.29 is 14.6 Å². The van der Waals surface area contributed by atoms with Crippen LogP contribution in [-0.2, 0) is 17.7 Å². The third kappa shape index (κ3) is 4.60. The Bertz CT molecular complexity index is 392. The molecular formula is C12H22N4O3. The van der Waals surface area contributed by atoms with Crippen molar-refractivity contribution >= 4 is 5.97 Å². The number of rotatable bonds is 9. The Balaban J connectivity index is 2.61. The van der Waals surface area contributed by atoms with Gasteiger partial charge in [-0.05, 0) is 19.4 Å². The highest BCUT2D eigenvalue weighted by atomic mass is 16.5. The zero-order valence-electron chi connectivity index (χ0n) is 11.3. The first-order valence-electron chi connectivity index (χ1n) is 6.56. The highest BCUT2D eigenvalue weighted by molar-refractivity contribution is 5.88. The first kappa shape index (κ1) is 15.6. The van der Waals surface area contributed by atoms with Gasteiger partial charge in [-0.15, -0.1) is 5.10 Å². The van der Waals surface area contributed by atoms with Crippen LogP contribution in [0.5, 0.6) is 0 Å². The minimum Gasteiger partial charge on any atom is -0.464 e.